The van der Waals surface area contributed by atoms with Gasteiger partial charge >= 0.3 is 0 Å². The first kappa shape index (κ1) is 12.7. The third kappa shape index (κ3) is 2.66. The highest BCUT2D eigenvalue weighted by Crippen LogP contribution is 2.37. The van der Waals surface area contributed by atoms with Crippen LogP contribution in [0.15, 0.2) is 42.5 Å². The first-order valence-electron chi connectivity index (χ1n) is 5.72. The normalized spacial score (nSPS) is 11.5. The van der Waals surface area contributed by atoms with Crippen molar-refractivity contribution in [2.24, 2.45) is 0 Å². The molecular formula is C15H9Cl2NS. The standard InChI is InChI=1S/C15H9Cl2NS/c16-13-14-12(19-15(13)17)9-8-11(18-14)7-6-10-4-2-1-3-5-10/h1-9H/b7-6+. The highest BCUT2D eigenvalue weighted by molar-refractivity contribution is 7.23. The van der Waals surface area contributed by atoms with Crippen LogP contribution in [0.25, 0.3) is 22.4 Å². The van der Waals surface area contributed by atoms with Crippen LogP contribution < -0.4 is 0 Å². The first-order valence-corrected chi connectivity index (χ1v) is 7.29. The second-order valence-electron chi connectivity index (χ2n) is 4.02. The molecule has 0 aliphatic carbocycles. The van der Waals surface area contributed by atoms with Crippen LogP contribution >= 0.6 is 34.5 Å². The Balaban J connectivity index is 1.98. The minimum absolute atomic E-state index is 0.539. The molecule has 0 amide bonds. The fourth-order valence-corrected chi connectivity index (χ4v) is 3.19. The van der Waals surface area contributed by atoms with Gasteiger partial charge < -0.3 is 0 Å². The number of pyridine rings is 1. The van der Waals surface area contributed by atoms with Gasteiger partial charge in [0.1, 0.15) is 9.85 Å². The van der Waals surface area contributed by atoms with Gasteiger partial charge in [-0.1, -0.05) is 59.6 Å². The van der Waals surface area contributed by atoms with Crippen LogP contribution in [0.2, 0.25) is 9.36 Å². The maximum absolute atomic E-state index is 6.12. The number of nitrogens with zero attached hydrogens (tertiary/aromatic N) is 1. The Morgan fingerprint density at radius 2 is 1.74 bits per heavy atom. The second-order valence-corrected chi connectivity index (χ2v) is 6.05. The van der Waals surface area contributed by atoms with Crippen molar-refractivity contribution in [3.8, 4) is 0 Å². The lowest BCUT2D eigenvalue weighted by atomic mass is 10.2. The summed E-state index contributed by atoms with van der Waals surface area (Å²) in [6.45, 7) is 0. The van der Waals surface area contributed by atoms with E-state index in [1.165, 1.54) is 11.3 Å². The topological polar surface area (TPSA) is 12.9 Å². The molecule has 19 heavy (non-hydrogen) atoms. The van der Waals surface area contributed by atoms with Crippen LogP contribution in [0.3, 0.4) is 0 Å². The van der Waals surface area contributed by atoms with Crippen molar-refractivity contribution in [3.63, 3.8) is 0 Å². The molecule has 0 saturated heterocycles. The van der Waals surface area contributed by atoms with Gasteiger partial charge in [0.25, 0.3) is 0 Å². The van der Waals surface area contributed by atoms with Gasteiger partial charge in [-0.05, 0) is 23.8 Å². The fraction of sp³-hybridized carbons (Fsp3) is 0. The van der Waals surface area contributed by atoms with E-state index < -0.39 is 0 Å². The highest BCUT2D eigenvalue weighted by Gasteiger charge is 2.09. The molecule has 94 valence electrons. The smallest absolute Gasteiger partial charge is 0.114 e. The summed E-state index contributed by atoms with van der Waals surface area (Å²) in [5, 5.41) is 0.539. The Kier molecular flexibility index (Phi) is 3.56. The zero-order valence-electron chi connectivity index (χ0n) is 9.81. The molecule has 0 saturated carbocycles. The molecule has 0 N–H and O–H groups in total. The Labute approximate surface area is 125 Å². The Hall–Kier alpha value is -1.35. The predicted molar refractivity (Wildman–Crippen MR) is 85.0 cm³/mol. The van der Waals surface area contributed by atoms with Crippen LogP contribution in [0.1, 0.15) is 11.3 Å². The molecule has 4 heteroatoms. The van der Waals surface area contributed by atoms with Crippen LogP contribution in [0.5, 0.6) is 0 Å². The molecule has 0 unspecified atom stereocenters. The zero-order valence-corrected chi connectivity index (χ0v) is 12.1. The minimum atomic E-state index is 0.539. The molecule has 1 nitrogen and oxygen atoms in total. The van der Waals surface area contributed by atoms with E-state index >= 15 is 0 Å². The number of fused-ring (bicyclic) bond motifs is 1. The lowest BCUT2D eigenvalue weighted by molar-refractivity contribution is 1.39. The Bertz CT molecular complexity index is 747. The molecule has 0 aliphatic heterocycles. The van der Waals surface area contributed by atoms with E-state index in [-0.39, 0.29) is 0 Å². The summed E-state index contributed by atoms with van der Waals surface area (Å²) in [5.41, 5.74) is 2.78. The number of benzene rings is 1. The summed E-state index contributed by atoms with van der Waals surface area (Å²) >= 11 is 13.6. The van der Waals surface area contributed by atoms with E-state index in [0.717, 1.165) is 21.5 Å². The molecule has 3 rings (SSSR count). The third-order valence-corrected chi connectivity index (χ3v) is 4.64. The maximum Gasteiger partial charge on any atom is 0.114 e. The van der Waals surface area contributed by atoms with Gasteiger partial charge in [0.15, 0.2) is 0 Å². The lowest BCUT2D eigenvalue weighted by Gasteiger charge is -1.95. The second kappa shape index (κ2) is 5.33. The number of halogens is 2. The molecule has 0 atom stereocenters. The molecule has 3 aromatic rings. The number of aromatic nitrogens is 1. The third-order valence-electron chi connectivity index (χ3n) is 2.71. The molecule has 0 radical (unpaired) electrons. The summed E-state index contributed by atoms with van der Waals surface area (Å²) in [4.78, 5) is 4.52. The summed E-state index contributed by atoms with van der Waals surface area (Å²) in [7, 11) is 0. The van der Waals surface area contributed by atoms with Crippen molar-refractivity contribution in [1.82, 2.24) is 4.98 Å². The van der Waals surface area contributed by atoms with Gasteiger partial charge in [-0.15, -0.1) is 11.3 Å². The summed E-state index contributed by atoms with van der Waals surface area (Å²) in [6.07, 6.45) is 3.99. The number of hydrogen-bond acceptors (Lipinski definition) is 2. The number of thiophene rings is 1. The monoisotopic (exact) mass is 305 g/mol. The quantitative estimate of drug-likeness (QED) is 0.585. The molecule has 2 heterocycles. The van der Waals surface area contributed by atoms with E-state index in [1.807, 2.05) is 54.6 Å². The summed E-state index contributed by atoms with van der Waals surface area (Å²) < 4.78 is 1.60. The van der Waals surface area contributed by atoms with E-state index in [2.05, 4.69) is 4.98 Å². The van der Waals surface area contributed by atoms with E-state index in [4.69, 9.17) is 23.2 Å². The van der Waals surface area contributed by atoms with Crippen molar-refractivity contribution in [3.05, 3.63) is 63.1 Å². The number of hydrogen-bond donors (Lipinski definition) is 0. The SMILES string of the molecule is Clc1sc2ccc(/C=C/c3ccccc3)nc2c1Cl. The molecule has 0 bridgehead atoms. The van der Waals surface area contributed by atoms with Crippen molar-refractivity contribution < 1.29 is 0 Å². The maximum atomic E-state index is 6.12. The minimum Gasteiger partial charge on any atom is -0.246 e. The van der Waals surface area contributed by atoms with Crippen LogP contribution in [-0.4, -0.2) is 4.98 Å². The van der Waals surface area contributed by atoms with Gasteiger partial charge in [0.2, 0.25) is 0 Å². The molecular weight excluding hydrogens is 297 g/mol. The van der Waals surface area contributed by atoms with Gasteiger partial charge in [0, 0.05) is 0 Å². The molecule has 2 aromatic heterocycles. The van der Waals surface area contributed by atoms with Gasteiger partial charge in [-0.25, -0.2) is 4.98 Å². The average molecular weight is 306 g/mol. The van der Waals surface area contributed by atoms with Gasteiger partial charge in [-0.2, -0.15) is 0 Å². The van der Waals surface area contributed by atoms with Crippen molar-refractivity contribution in [2.45, 2.75) is 0 Å². The van der Waals surface area contributed by atoms with Crippen LogP contribution in [-0.2, 0) is 0 Å². The van der Waals surface area contributed by atoms with E-state index in [1.54, 1.807) is 0 Å². The van der Waals surface area contributed by atoms with E-state index in [9.17, 15) is 0 Å². The van der Waals surface area contributed by atoms with Gasteiger partial charge in [-0.3, -0.25) is 0 Å². The largest absolute Gasteiger partial charge is 0.246 e. The van der Waals surface area contributed by atoms with Gasteiger partial charge in [0.05, 0.1) is 15.4 Å². The molecule has 0 fully saturated rings. The fourth-order valence-electron chi connectivity index (χ4n) is 1.77. The molecule has 0 spiro atoms. The highest BCUT2D eigenvalue weighted by atomic mass is 35.5. The van der Waals surface area contributed by atoms with Crippen molar-refractivity contribution in [1.29, 1.82) is 0 Å². The summed E-state index contributed by atoms with van der Waals surface area (Å²) in [6, 6.07) is 14.1. The average Bonchev–Trinajstić information content (AvgIpc) is 2.73. The van der Waals surface area contributed by atoms with Crippen molar-refractivity contribution in [2.75, 3.05) is 0 Å². The Morgan fingerprint density at radius 3 is 2.53 bits per heavy atom. The zero-order chi connectivity index (χ0) is 13.2. The molecule has 1 aromatic carbocycles. The lowest BCUT2D eigenvalue weighted by Crippen LogP contribution is -1.80. The molecule has 0 aliphatic rings. The van der Waals surface area contributed by atoms with Crippen molar-refractivity contribution >= 4 is 56.9 Å². The van der Waals surface area contributed by atoms with E-state index in [0.29, 0.717) is 9.36 Å². The van der Waals surface area contributed by atoms with Crippen LogP contribution in [0.4, 0.5) is 0 Å². The summed E-state index contributed by atoms with van der Waals surface area (Å²) in [5.74, 6) is 0. The first-order chi connectivity index (χ1) is 9.24. The Morgan fingerprint density at radius 1 is 0.947 bits per heavy atom. The number of rotatable bonds is 2. The van der Waals surface area contributed by atoms with Crippen LogP contribution in [0, 0.1) is 0 Å². The predicted octanol–water partition coefficient (Wildman–Crippen LogP) is 5.77.